The van der Waals surface area contributed by atoms with Gasteiger partial charge in [0, 0.05) is 13.7 Å². The molecule has 0 fully saturated rings. The molecule has 10 heteroatoms. The van der Waals surface area contributed by atoms with E-state index in [1.807, 2.05) is 0 Å². The van der Waals surface area contributed by atoms with Gasteiger partial charge < -0.3 is 10.1 Å². The molecule has 1 aromatic rings. The fourth-order valence-electron chi connectivity index (χ4n) is 0.950. The number of halogens is 1. The smallest absolute Gasteiger partial charge is 0.252 e. The highest BCUT2D eigenvalue weighted by atomic mass is 35.5. The van der Waals surface area contributed by atoms with Crippen molar-refractivity contribution in [2.75, 3.05) is 26.8 Å². The van der Waals surface area contributed by atoms with Gasteiger partial charge in [-0.25, -0.2) is 18.1 Å². The van der Waals surface area contributed by atoms with E-state index in [0.29, 0.717) is 13.2 Å². The summed E-state index contributed by atoms with van der Waals surface area (Å²) in [6, 6.07) is 0. The molecule has 0 aromatic carbocycles. The van der Waals surface area contributed by atoms with Crippen molar-refractivity contribution in [3.8, 4) is 0 Å². The molecule has 2 N–H and O–H groups in total. The molecule has 102 valence electrons. The predicted octanol–water partition coefficient (Wildman–Crippen LogP) is -0.163. The molecule has 0 saturated heterocycles. The van der Waals surface area contributed by atoms with Crippen molar-refractivity contribution < 1.29 is 17.9 Å². The van der Waals surface area contributed by atoms with Crippen molar-refractivity contribution >= 4 is 38.9 Å². The van der Waals surface area contributed by atoms with Crippen LogP contribution in [0.5, 0.6) is 0 Å². The van der Waals surface area contributed by atoms with Crippen LogP contribution in [0.4, 0.5) is 0 Å². The minimum atomic E-state index is -3.74. The number of aromatic nitrogens is 1. The highest BCUT2D eigenvalue weighted by Gasteiger charge is 2.18. The number of hydrogen-bond acceptors (Lipinski definition) is 6. The van der Waals surface area contributed by atoms with Crippen LogP contribution in [0, 0.1) is 0 Å². The van der Waals surface area contributed by atoms with E-state index in [-0.39, 0.29) is 15.2 Å². The molecule has 1 rings (SSSR count). The van der Waals surface area contributed by atoms with Crippen molar-refractivity contribution in [2.24, 2.45) is 0 Å². The fraction of sp³-hybridized carbons (Fsp3) is 0.500. The van der Waals surface area contributed by atoms with E-state index in [2.05, 4.69) is 15.0 Å². The second-order valence-corrected chi connectivity index (χ2v) is 6.71. The molecule has 1 heterocycles. The lowest BCUT2D eigenvalue weighted by atomic mass is 10.6. The number of methoxy groups -OCH3 is 1. The number of rotatable bonds is 7. The second kappa shape index (κ2) is 7.00. The first kappa shape index (κ1) is 15.3. The van der Waals surface area contributed by atoms with Crippen LogP contribution in [0.15, 0.2) is 10.4 Å². The zero-order valence-corrected chi connectivity index (χ0v) is 11.9. The van der Waals surface area contributed by atoms with Crippen LogP contribution in [0.3, 0.4) is 0 Å². The summed E-state index contributed by atoms with van der Waals surface area (Å²) in [6.45, 7) is 0.341. The quantitative estimate of drug-likeness (QED) is 0.682. The number of nitrogens with zero attached hydrogens (tertiary/aromatic N) is 1. The molecule has 0 aliphatic rings. The summed E-state index contributed by atoms with van der Waals surface area (Å²) in [7, 11) is -2.23. The monoisotopic (exact) mass is 313 g/mol. The van der Waals surface area contributed by atoms with Gasteiger partial charge in [-0.15, -0.1) is 0 Å². The molecular formula is C8H12ClN3O4S2. The van der Waals surface area contributed by atoms with E-state index in [1.54, 1.807) is 0 Å². The van der Waals surface area contributed by atoms with E-state index < -0.39 is 15.9 Å². The maximum absolute atomic E-state index is 11.7. The van der Waals surface area contributed by atoms with Crippen LogP contribution in [0.1, 0.15) is 0 Å². The molecule has 0 bridgehead atoms. The first-order chi connectivity index (χ1) is 8.45. The second-order valence-electron chi connectivity index (χ2n) is 3.10. The Morgan fingerprint density at radius 2 is 2.33 bits per heavy atom. The summed E-state index contributed by atoms with van der Waals surface area (Å²) in [6.07, 6.45) is 1.14. The molecule has 1 amide bonds. The van der Waals surface area contributed by atoms with Crippen LogP contribution >= 0.6 is 22.9 Å². The van der Waals surface area contributed by atoms with Gasteiger partial charge in [-0.05, 0) is 0 Å². The Bertz CT molecular complexity index is 502. The van der Waals surface area contributed by atoms with Gasteiger partial charge >= 0.3 is 0 Å². The Morgan fingerprint density at radius 1 is 1.61 bits per heavy atom. The number of hydrogen-bond donors (Lipinski definition) is 2. The lowest BCUT2D eigenvalue weighted by molar-refractivity contribution is -0.120. The van der Waals surface area contributed by atoms with Crippen LogP contribution in [-0.2, 0) is 19.6 Å². The average molecular weight is 314 g/mol. The number of ether oxygens (including phenoxy) is 1. The molecule has 0 aliphatic heterocycles. The van der Waals surface area contributed by atoms with Gasteiger partial charge in [0.05, 0.1) is 19.3 Å². The van der Waals surface area contributed by atoms with Gasteiger partial charge in [0.25, 0.3) is 10.0 Å². The third-order valence-corrected chi connectivity index (χ3v) is 4.75. The van der Waals surface area contributed by atoms with Crippen molar-refractivity contribution in [1.29, 1.82) is 0 Å². The molecular weight excluding hydrogens is 302 g/mol. The third-order valence-electron chi connectivity index (χ3n) is 1.77. The van der Waals surface area contributed by atoms with Crippen molar-refractivity contribution in [3.63, 3.8) is 0 Å². The van der Waals surface area contributed by atoms with E-state index in [0.717, 1.165) is 17.5 Å². The van der Waals surface area contributed by atoms with Crippen molar-refractivity contribution in [1.82, 2.24) is 15.0 Å². The Hall–Kier alpha value is -0.740. The molecule has 7 nitrogen and oxygen atoms in total. The summed E-state index contributed by atoms with van der Waals surface area (Å²) in [5, 5.41) is 2.48. The summed E-state index contributed by atoms with van der Waals surface area (Å²) in [4.78, 5) is 14.9. The number of carbonyl (C=O) groups excluding carboxylic acids is 1. The average Bonchev–Trinajstić information content (AvgIpc) is 2.75. The number of amides is 1. The Balaban J connectivity index is 2.45. The largest absolute Gasteiger partial charge is 0.383 e. The minimum absolute atomic E-state index is 0.0304. The molecule has 0 aliphatic carbocycles. The maximum atomic E-state index is 11.7. The van der Waals surface area contributed by atoms with E-state index in [1.165, 1.54) is 7.11 Å². The lowest BCUT2D eigenvalue weighted by Crippen LogP contribution is -2.37. The SMILES string of the molecule is COCCNC(=O)CNS(=O)(=O)c1cnc(Cl)s1. The standard InChI is InChI=1S/C8H12ClN3O4S2/c1-16-3-2-10-6(13)4-12-18(14,15)7-5-11-8(9)17-7/h5,12H,2-4H2,1H3,(H,10,13). The van der Waals surface area contributed by atoms with Gasteiger partial charge in [-0.2, -0.15) is 0 Å². The van der Waals surface area contributed by atoms with E-state index in [9.17, 15) is 13.2 Å². The van der Waals surface area contributed by atoms with Crippen molar-refractivity contribution in [3.05, 3.63) is 10.7 Å². The first-order valence-corrected chi connectivity index (χ1v) is 7.50. The normalized spacial score (nSPS) is 11.4. The summed E-state index contributed by atoms with van der Waals surface area (Å²) in [5.74, 6) is -0.439. The van der Waals surface area contributed by atoms with Gasteiger partial charge in [0.1, 0.15) is 0 Å². The molecule has 0 spiro atoms. The van der Waals surface area contributed by atoms with Gasteiger partial charge in [-0.1, -0.05) is 22.9 Å². The Labute approximate surface area is 114 Å². The van der Waals surface area contributed by atoms with Crippen molar-refractivity contribution in [2.45, 2.75) is 4.21 Å². The molecule has 1 aromatic heterocycles. The fourth-order valence-corrected chi connectivity index (χ4v) is 3.27. The molecule has 0 unspecified atom stereocenters. The number of carbonyl (C=O) groups is 1. The molecule has 0 saturated carbocycles. The highest BCUT2D eigenvalue weighted by molar-refractivity contribution is 7.91. The van der Waals surface area contributed by atoms with Gasteiger partial charge in [0.2, 0.25) is 5.91 Å². The molecule has 18 heavy (non-hydrogen) atoms. The lowest BCUT2D eigenvalue weighted by Gasteiger charge is -2.05. The maximum Gasteiger partial charge on any atom is 0.252 e. The van der Waals surface area contributed by atoms with E-state index >= 15 is 0 Å². The first-order valence-electron chi connectivity index (χ1n) is 4.82. The highest BCUT2D eigenvalue weighted by Crippen LogP contribution is 2.21. The third kappa shape index (κ3) is 4.86. The van der Waals surface area contributed by atoms with E-state index in [4.69, 9.17) is 16.3 Å². The topological polar surface area (TPSA) is 97.4 Å². The molecule has 0 radical (unpaired) electrons. The predicted molar refractivity (Wildman–Crippen MR) is 67.2 cm³/mol. The Morgan fingerprint density at radius 3 is 2.89 bits per heavy atom. The number of sulfonamides is 1. The van der Waals surface area contributed by atoms with Crippen LogP contribution < -0.4 is 10.0 Å². The Kier molecular flexibility index (Phi) is 5.96. The summed E-state index contributed by atoms with van der Waals surface area (Å²) >= 11 is 6.36. The summed E-state index contributed by atoms with van der Waals surface area (Å²) in [5.41, 5.74) is 0. The zero-order valence-electron chi connectivity index (χ0n) is 9.47. The number of thiazole rings is 1. The number of nitrogens with one attached hydrogen (secondary N) is 2. The van der Waals surface area contributed by atoms with Gasteiger partial charge in [-0.3, -0.25) is 4.79 Å². The van der Waals surface area contributed by atoms with Crippen LogP contribution in [0.25, 0.3) is 0 Å². The van der Waals surface area contributed by atoms with Crippen LogP contribution in [-0.4, -0.2) is 46.1 Å². The minimum Gasteiger partial charge on any atom is -0.383 e. The van der Waals surface area contributed by atoms with Gasteiger partial charge in [0.15, 0.2) is 8.68 Å². The summed E-state index contributed by atoms with van der Waals surface area (Å²) < 4.78 is 30.3. The van der Waals surface area contributed by atoms with Crippen LogP contribution in [0.2, 0.25) is 4.47 Å². The molecule has 0 atom stereocenters. The zero-order chi connectivity index (χ0) is 13.6.